The molecule has 3 aliphatic heterocycles. The van der Waals surface area contributed by atoms with Crippen LogP contribution < -0.4 is 9.64 Å². The normalized spacial score (nSPS) is 27.8. The number of halogens is 4. The van der Waals surface area contributed by atoms with Gasteiger partial charge in [0.15, 0.2) is 5.82 Å². The van der Waals surface area contributed by atoms with Crippen LogP contribution >= 0.6 is 0 Å². The van der Waals surface area contributed by atoms with Gasteiger partial charge in [0.05, 0.1) is 11.1 Å². The highest BCUT2D eigenvalue weighted by Crippen LogP contribution is 2.44. The molecule has 8 rings (SSSR count). The molecule has 3 aromatic carbocycles. The summed E-state index contributed by atoms with van der Waals surface area (Å²) in [7, 11) is 0. The molecule has 4 aliphatic rings. The van der Waals surface area contributed by atoms with E-state index < -0.39 is 29.5 Å². The first kappa shape index (κ1) is 28.4. The summed E-state index contributed by atoms with van der Waals surface area (Å²) in [5, 5.41) is 11.7. The molecular formula is C35H32F4N4O2. The summed E-state index contributed by atoms with van der Waals surface area (Å²) in [4.78, 5) is 13.4. The number of rotatable bonds is 5. The van der Waals surface area contributed by atoms with Crippen LogP contribution in [0.2, 0.25) is 0 Å². The number of aromatic hydroxyl groups is 1. The van der Waals surface area contributed by atoms with Gasteiger partial charge in [-0.2, -0.15) is 9.97 Å². The molecule has 10 heteroatoms. The van der Waals surface area contributed by atoms with Crippen molar-refractivity contribution < 1.29 is 27.4 Å². The van der Waals surface area contributed by atoms with E-state index in [-0.39, 0.29) is 52.4 Å². The summed E-state index contributed by atoms with van der Waals surface area (Å²) >= 11 is 0. The maximum atomic E-state index is 16.8. The second-order valence-electron chi connectivity index (χ2n) is 13.1. The van der Waals surface area contributed by atoms with E-state index in [1.165, 1.54) is 24.3 Å². The molecule has 45 heavy (non-hydrogen) atoms. The van der Waals surface area contributed by atoms with Gasteiger partial charge in [-0.15, -0.1) is 6.42 Å². The average molecular weight is 617 g/mol. The fourth-order valence-electron chi connectivity index (χ4n) is 8.39. The molecule has 1 aromatic heterocycles. The Bertz CT molecular complexity index is 1880. The summed E-state index contributed by atoms with van der Waals surface area (Å²) in [6.45, 7) is 2.21. The van der Waals surface area contributed by atoms with Crippen molar-refractivity contribution in [3.63, 3.8) is 0 Å². The maximum absolute atomic E-state index is 16.8. The van der Waals surface area contributed by atoms with E-state index in [2.05, 4.69) is 15.8 Å². The minimum Gasteiger partial charge on any atom is -0.508 e. The number of aromatic nitrogens is 2. The third-order valence-electron chi connectivity index (χ3n) is 10.5. The monoisotopic (exact) mass is 616 g/mol. The number of fused-ring (bicyclic) bond motifs is 5. The summed E-state index contributed by atoms with van der Waals surface area (Å²) < 4.78 is 67.1. The predicted molar refractivity (Wildman–Crippen MR) is 164 cm³/mol. The van der Waals surface area contributed by atoms with Crippen molar-refractivity contribution in [3.8, 4) is 35.2 Å². The Morgan fingerprint density at radius 2 is 1.82 bits per heavy atom. The van der Waals surface area contributed by atoms with E-state index in [1.807, 2.05) is 4.90 Å². The lowest BCUT2D eigenvalue weighted by molar-refractivity contribution is 0.107. The number of piperidine rings is 1. The van der Waals surface area contributed by atoms with Gasteiger partial charge in [-0.3, -0.25) is 4.90 Å². The van der Waals surface area contributed by atoms with Crippen molar-refractivity contribution in [1.29, 1.82) is 0 Å². The SMILES string of the molecule is C#Cc1c(F)ccc2cc(O)cc(-c3ccc4c(N5C[C@H]6CC[C@@H](C5)C6F)nc(OC[C@@]56CCCN5C[C@H](F)C6)nc4c3F)c12. The lowest BCUT2D eigenvalue weighted by Gasteiger charge is -2.36. The molecule has 0 amide bonds. The number of ether oxygens (including phenoxy) is 1. The fourth-order valence-corrected chi connectivity index (χ4v) is 8.39. The van der Waals surface area contributed by atoms with E-state index in [4.69, 9.17) is 16.1 Å². The summed E-state index contributed by atoms with van der Waals surface area (Å²) in [5.41, 5.74) is -0.230. The van der Waals surface area contributed by atoms with E-state index in [0.29, 0.717) is 48.0 Å². The first-order valence-corrected chi connectivity index (χ1v) is 15.6. The van der Waals surface area contributed by atoms with Crippen molar-refractivity contribution in [3.05, 3.63) is 53.6 Å². The molecule has 1 saturated carbocycles. The minimum absolute atomic E-state index is 0.0204. The quantitative estimate of drug-likeness (QED) is 0.203. The molecule has 2 bridgehead atoms. The Hall–Kier alpha value is -4.10. The van der Waals surface area contributed by atoms with Crippen LogP contribution in [0.3, 0.4) is 0 Å². The van der Waals surface area contributed by atoms with Crippen LogP contribution in [0, 0.1) is 35.8 Å². The smallest absolute Gasteiger partial charge is 0.319 e. The third kappa shape index (κ3) is 4.50. The summed E-state index contributed by atoms with van der Waals surface area (Å²) in [6.07, 6.45) is 7.53. The molecule has 0 radical (unpaired) electrons. The number of benzene rings is 3. The molecule has 1 N–H and O–H groups in total. The first-order chi connectivity index (χ1) is 21.7. The van der Waals surface area contributed by atoms with Crippen LogP contribution in [0.15, 0.2) is 36.4 Å². The van der Waals surface area contributed by atoms with Crippen LogP contribution in [0.25, 0.3) is 32.8 Å². The highest BCUT2D eigenvalue weighted by atomic mass is 19.1. The van der Waals surface area contributed by atoms with Gasteiger partial charge < -0.3 is 14.7 Å². The molecule has 1 aliphatic carbocycles. The second kappa shape index (κ2) is 10.5. The van der Waals surface area contributed by atoms with Crippen LogP contribution in [-0.2, 0) is 0 Å². The first-order valence-electron chi connectivity index (χ1n) is 15.6. The van der Waals surface area contributed by atoms with E-state index in [9.17, 15) is 18.3 Å². The van der Waals surface area contributed by atoms with Crippen LogP contribution in [0.4, 0.5) is 23.4 Å². The molecule has 232 valence electrons. The number of terminal acetylenes is 1. The number of anilines is 1. The standard InChI is InChI=1S/C35H32F4N4O2/c1-2-24-28(37)9-6-19-12-23(44)13-27(29(19)24)25-7-8-26-32(31(25)39)40-34(45-18-35-10-3-11-43(35)17-22(36)14-35)41-33(26)42-15-20-4-5-21(16-42)30(20)38/h1,6-9,12-13,20-22,30,44H,3-5,10-11,14-18H2/t20-,21+,22-,30?,35+/m1/s1. The fraction of sp³-hybridized carbons (Fsp3) is 0.429. The Balaban J connectivity index is 1.28. The van der Waals surface area contributed by atoms with Crippen molar-refractivity contribution in [2.45, 2.75) is 50.0 Å². The van der Waals surface area contributed by atoms with Crippen LogP contribution in [0.5, 0.6) is 11.8 Å². The van der Waals surface area contributed by atoms with Crippen molar-refractivity contribution in [2.75, 3.05) is 37.7 Å². The van der Waals surface area contributed by atoms with Gasteiger partial charge in [-0.25, -0.2) is 17.6 Å². The largest absolute Gasteiger partial charge is 0.508 e. The number of phenolic OH excluding ortho intramolecular Hbond substituents is 1. The van der Waals surface area contributed by atoms with Gasteiger partial charge in [0, 0.05) is 54.2 Å². The van der Waals surface area contributed by atoms with Gasteiger partial charge in [-0.1, -0.05) is 18.1 Å². The number of alkyl halides is 2. The van der Waals surface area contributed by atoms with Crippen LogP contribution in [0.1, 0.15) is 37.7 Å². The predicted octanol–water partition coefficient (Wildman–Crippen LogP) is 6.55. The molecular weight excluding hydrogens is 584 g/mol. The topological polar surface area (TPSA) is 61.7 Å². The van der Waals surface area contributed by atoms with Gasteiger partial charge >= 0.3 is 6.01 Å². The molecule has 4 aromatic rings. The zero-order valence-electron chi connectivity index (χ0n) is 24.6. The van der Waals surface area contributed by atoms with Gasteiger partial charge in [0.1, 0.15) is 41.9 Å². The minimum atomic E-state index is -0.936. The number of hydrogen-bond acceptors (Lipinski definition) is 6. The third-order valence-corrected chi connectivity index (χ3v) is 10.5. The number of nitrogens with zero attached hydrogens (tertiary/aromatic N) is 4. The van der Waals surface area contributed by atoms with Gasteiger partial charge in [0.25, 0.3) is 0 Å². The highest BCUT2D eigenvalue weighted by Gasteiger charge is 2.49. The molecule has 5 atom stereocenters. The second-order valence-corrected chi connectivity index (χ2v) is 13.1. The zero-order valence-corrected chi connectivity index (χ0v) is 24.6. The van der Waals surface area contributed by atoms with E-state index in [0.717, 1.165) is 32.2 Å². The highest BCUT2D eigenvalue weighted by molar-refractivity contribution is 6.04. The Morgan fingerprint density at radius 3 is 2.60 bits per heavy atom. The van der Waals surface area contributed by atoms with Crippen molar-refractivity contribution in [1.82, 2.24) is 14.9 Å². The zero-order chi connectivity index (χ0) is 31.0. The molecule has 4 fully saturated rings. The molecule has 4 heterocycles. The summed E-state index contributed by atoms with van der Waals surface area (Å²) in [5.74, 6) is 1.08. The number of phenols is 1. The van der Waals surface area contributed by atoms with Gasteiger partial charge in [0.2, 0.25) is 0 Å². The van der Waals surface area contributed by atoms with Crippen molar-refractivity contribution >= 4 is 27.5 Å². The molecule has 1 unspecified atom stereocenters. The Kier molecular flexibility index (Phi) is 6.61. The van der Waals surface area contributed by atoms with Crippen molar-refractivity contribution in [2.24, 2.45) is 11.8 Å². The van der Waals surface area contributed by atoms with Gasteiger partial charge in [-0.05, 0) is 67.4 Å². The van der Waals surface area contributed by atoms with E-state index >= 15 is 4.39 Å². The Labute approximate surface area is 258 Å². The van der Waals surface area contributed by atoms with Crippen LogP contribution in [-0.4, -0.2) is 70.6 Å². The average Bonchev–Trinajstić information content (AvgIpc) is 3.60. The molecule has 0 spiro atoms. The maximum Gasteiger partial charge on any atom is 0.319 e. The lowest BCUT2D eigenvalue weighted by Crippen LogP contribution is -2.44. The molecule has 6 nitrogen and oxygen atoms in total. The Morgan fingerprint density at radius 1 is 1.02 bits per heavy atom. The molecule has 3 saturated heterocycles. The van der Waals surface area contributed by atoms with E-state index in [1.54, 1.807) is 12.1 Å². The lowest BCUT2D eigenvalue weighted by atomic mass is 9.92. The summed E-state index contributed by atoms with van der Waals surface area (Å²) in [6, 6.07) is 8.72. The number of hydrogen-bond donors (Lipinski definition) is 1.